The molecule has 1 amide bonds. The third kappa shape index (κ3) is 5.59. The van der Waals surface area contributed by atoms with Gasteiger partial charge in [0.2, 0.25) is 0 Å². The van der Waals surface area contributed by atoms with E-state index in [2.05, 4.69) is 55.3 Å². The Morgan fingerprint density at radius 2 is 1.72 bits per heavy atom. The van der Waals surface area contributed by atoms with Crippen molar-refractivity contribution in [3.05, 3.63) is 109 Å². The average Bonchev–Trinajstić information content (AvgIpc) is 3.34. The highest BCUT2D eigenvalue weighted by Gasteiger charge is 2.16. The summed E-state index contributed by atoms with van der Waals surface area (Å²) in [5.74, 6) is 0.636. The molecule has 5 aromatic rings. The zero-order chi connectivity index (χ0) is 24.6. The summed E-state index contributed by atoms with van der Waals surface area (Å²) in [5, 5.41) is 19.2. The molecule has 0 fully saturated rings. The molecule has 0 aliphatic heterocycles. The van der Waals surface area contributed by atoms with Gasteiger partial charge in [0.1, 0.15) is 0 Å². The van der Waals surface area contributed by atoms with Crippen LogP contribution in [0.25, 0.3) is 16.5 Å². The van der Waals surface area contributed by atoms with Crippen molar-refractivity contribution in [2.75, 3.05) is 11.1 Å². The lowest BCUT2D eigenvalue weighted by Crippen LogP contribution is -2.20. The zero-order valence-electron chi connectivity index (χ0n) is 19.3. The van der Waals surface area contributed by atoms with Crippen LogP contribution in [0.5, 0.6) is 0 Å². The molecular formula is C27H23N7OS. The Labute approximate surface area is 212 Å². The first-order valence-electron chi connectivity index (χ1n) is 11.3. The van der Waals surface area contributed by atoms with Crippen molar-refractivity contribution < 1.29 is 4.79 Å². The van der Waals surface area contributed by atoms with Gasteiger partial charge >= 0.3 is 0 Å². The first-order chi connectivity index (χ1) is 17.8. The molecule has 0 atom stereocenters. The van der Waals surface area contributed by atoms with Crippen LogP contribution in [-0.4, -0.2) is 37.6 Å². The van der Waals surface area contributed by atoms with E-state index in [9.17, 15) is 4.79 Å². The van der Waals surface area contributed by atoms with E-state index >= 15 is 0 Å². The predicted octanol–water partition coefficient (Wildman–Crippen LogP) is 4.67. The van der Waals surface area contributed by atoms with E-state index in [0.717, 1.165) is 22.6 Å². The van der Waals surface area contributed by atoms with E-state index in [0.29, 0.717) is 17.4 Å². The van der Waals surface area contributed by atoms with Crippen LogP contribution in [0.4, 0.5) is 5.69 Å². The molecule has 0 saturated carbocycles. The highest BCUT2D eigenvalue weighted by molar-refractivity contribution is 7.99. The first-order valence-corrected chi connectivity index (χ1v) is 12.3. The molecule has 0 saturated heterocycles. The fourth-order valence-corrected chi connectivity index (χ4v) is 4.45. The molecule has 178 valence electrons. The maximum absolute atomic E-state index is 12.4. The summed E-state index contributed by atoms with van der Waals surface area (Å²) in [5.41, 5.74) is 5.14. The van der Waals surface area contributed by atoms with Crippen LogP contribution >= 0.6 is 11.8 Å². The lowest BCUT2D eigenvalue weighted by atomic mass is 10.1. The quantitative estimate of drug-likeness (QED) is 0.176. The Kier molecular flexibility index (Phi) is 7.29. The van der Waals surface area contributed by atoms with Crippen LogP contribution in [-0.2, 0) is 11.3 Å². The van der Waals surface area contributed by atoms with Crippen molar-refractivity contribution >= 4 is 40.3 Å². The molecule has 8 nitrogen and oxygen atoms in total. The van der Waals surface area contributed by atoms with E-state index in [1.807, 2.05) is 65.2 Å². The van der Waals surface area contributed by atoms with Crippen molar-refractivity contribution in [1.82, 2.24) is 25.2 Å². The molecular weight excluding hydrogens is 470 g/mol. The van der Waals surface area contributed by atoms with Crippen LogP contribution in [0.1, 0.15) is 11.5 Å². The van der Waals surface area contributed by atoms with Crippen molar-refractivity contribution in [2.45, 2.75) is 11.7 Å². The number of hydrogen-bond donors (Lipinski definition) is 2. The fourth-order valence-electron chi connectivity index (χ4n) is 3.68. The Balaban J connectivity index is 1.30. The monoisotopic (exact) mass is 493 g/mol. The minimum Gasteiger partial charge on any atom is -0.377 e. The number of fused-ring (bicyclic) bond motifs is 1. The maximum Gasteiger partial charge on any atom is 0.250 e. The molecule has 0 radical (unpaired) electrons. The molecule has 0 spiro atoms. The Hall–Kier alpha value is -4.50. The second-order valence-electron chi connectivity index (χ2n) is 7.79. The summed E-state index contributed by atoms with van der Waals surface area (Å²) in [6.07, 6.45) is 3.17. The van der Waals surface area contributed by atoms with Crippen LogP contribution in [0.15, 0.2) is 107 Å². The number of nitrogens with zero attached hydrogens (tertiary/aromatic N) is 5. The van der Waals surface area contributed by atoms with Gasteiger partial charge in [-0.1, -0.05) is 72.4 Å². The largest absolute Gasteiger partial charge is 0.377 e. The van der Waals surface area contributed by atoms with Gasteiger partial charge in [-0.3, -0.25) is 14.3 Å². The molecule has 9 heteroatoms. The topological polar surface area (TPSA) is 97.1 Å². The number of rotatable bonds is 9. The molecule has 2 heterocycles. The Morgan fingerprint density at radius 1 is 0.917 bits per heavy atom. The SMILES string of the molecule is O=C(CSc1nnc(CNc2cccc3ccccc23)n1-c1ccccc1)N/N=C\c1ccccn1. The Morgan fingerprint density at radius 3 is 2.58 bits per heavy atom. The van der Waals surface area contributed by atoms with Gasteiger partial charge in [-0.15, -0.1) is 10.2 Å². The van der Waals surface area contributed by atoms with Crippen molar-refractivity contribution in [3.63, 3.8) is 0 Å². The lowest BCUT2D eigenvalue weighted by molar-refractivity contribution is -0.118. The summed E-state index contributed by atoms with van der Waals surface area (Å²) in [6, 6.07) is 29.8. The number of hydrogen-bond acceptors (Lipinski definition) is 7. The highest BCUT2D eigenvalue weighted by atomic mass is 32.2. The molecule has 0 aliphatic carbocycles. The van der Waals surface area contributed by atoms with Crippen LogP contribution in [0.3, 0.4) is 0 Å². The minimum atomic E-state index is -0.245. The van der Waals surface area contributed by atoms with Crippen LogP contribution in [0, 0.1) is 0 Å². The molecule has 2 aromatic heterocycles. The third-order valence-electron chi connectivity index (χ3n) is 5.35. The minimum absolute atomic E-state index is 0.140. The van der Waals surface area contributed by atoms with Gasteiger partial charge in [0, 0.05) is 23.0 Å². The van der Waals surface area contributed by atoms with E-state index in [4.69, 9.17) is 0 Å². The van der Waals surface area contributed by atoms with Crippen molar-refractivity contribution in [2.24, 2.45) is 5.10 Å². The normalized spacial score (nSPS) is 11.1. The number of pyridine rings is 1. The molecule has 2 N–H and O–H groups in total. The van der Waals surface area contributed by atoms with Gasteiger partial charge in [0.25, 0.3) is 5.91 Å². The summed E-state index contributed by atoms with van der Waals surface area (Å²) in [4.78, 5) is 16.5. The zero-order valence-corrected chi connectivity index (χ0v) is 20.1. The molecule has 36 heavy (non-hydrogen) atoms. The number of aromatic nitrogens is 4. The second kappa shape index (κ2) is 11.3. The second-order valence-corrected chi connectivity index (χ2v) is 8.73. The van der Waals surface area contributed by atoms with E-state index in [1.165, 1.54) is 23.4 Å². The number of carbonyl (C=O) groups is 1. The average molecular weight is 494 g/mol. The van der Waals surface area contributed by atoms with Gasteiger partial charge < -0.3 is 5.32 Å². The van der Waals surface area contributed by atoms with Gasteiger partial charge in [0.05, 0.1) is 24.2 Å². The Bertz CT molecular complexity index is 1480. The number of thioether (sulfide) groups is 1. The number of amides is 1. The highest BCUT2D eigenvalue weighted by Crippen LogP contribution is 2.25. The standard InChI is InChI=1S/C27H23N7OS/c35-26(32-30-17-21-11-6-7-16-28-21)19-36-27-33-31-25(34(27)22-12-2-1-3-13-22)18-29-24-15-8-10-20-9-4-5-14-23(20)24/h1-17,29H,18-19H2,(H,32,35)/b30-17-. The molecule has 0 unspecified atom stereocenters. The summed E-state index contributed by atoms with van der Waals surface area (Å²) in [6.45, 7) is 0.469. The van der Waals surface area contributed by atoms with Gasteiger partial charge in [0.15, 0.2) is 11.0 Å². The van der Waals surface area contributed by atoms with Crippen molar-refractivity contribution in [1.29, 1.82) is 0 Å². The lowest BCUT2D eigenvalue weighted by Gasteiger charge is -2.12. The number of para-hydroxylation sites is 1. The van der Waals surface area contributed by atoms with E-state index in [1.54, 1.807) is 12.3 Å². The number of benzene rings is 3. The predicted molar refractivity (Wildman–Crippen MR) is 143 cm³/mol. The molecule has 0 aliphatic rings. The van der Waals surface area contributed by atoms with E-state index in [-0.39, 0.29) is 11.7 Å². The fraction of sp³-hybridized carbons (Fsp3) is 0.0741. The summed E-state index contributed by atoms with van der Waals surface area (Å²) in [7, 11) is 0. The molecule has 0 bridgehead atoms. The first kappa shape index (κ1) is 23.3. The van der Waals surface area contributed by atoms with Gasteiger partial charge in [-0.05, 0) is 35.7 Å². The molecule has 3 aromatic carbocycles. The third-order valence-corrected chi connectivity index (χ3v) is 6.28. The number of carbonyl (C=O) groups excluding carboxylic acids is 1. The van der Waals surface area contributed by atoms with Crippen molar-refractivity contribution in [3.8, 4) is 5.69 Å². The maximum atomic E-state index is 12.4. The van der Waals surface area contributed by atoms with Crippen LogP contribution < -0.4 is 10.7 Å². The van der Waals surface area contributed by atoms with E-state index < -0.39 is 0 Å². The number of anilines is 1. The van der Waals surface area contributed by atoms with Gasteiger partial charge in [-0.25, -0.2) is 5.43 Å². The number of nitrogens with one attached hydrogen (secondary N) is 2. The smallest absolute Gasteiger partial charge is 0.250 e. The van der Waals surface area contributed by atoms with Crippen LogP contribution in [0.2, 0.25) is 0 Å². The summed E-state index contributed by atoms with van der Waals surface area (Å²) < 4.78 is 1.97. The summed E-state index contributed by atoms with van der Waals surface area (Å²) >= 11 is 1.30. The number of hydrazone groups is 1. The van der Waals surface area contributed by atoms with Gasteiger partial charge in [-0.2, -0.15) is 5.10 Å². The molecule has 5 rings (SSSR count).